The quantitative estimate of drug-likeness (QED) is 0.640. The van der Waals surface area contributed by atoms with Gasteiger partial charge in [0.25, 0.3) is 5.56 Å². The fraction of sp³-hybridized carbons (Fsp3) is 0.389. The zero-order valence-electron chi connectivity index (χ0n) is 15.5. The number of quaternary nitrogens is 1. The SMILES string of the molecule is CC[NH+](CC)Cc1nc2c(c(=O)[nH]c(=O)n2C)n1Cc1ccc(Cl)c(Cl)c1. The highest BCUT2D eigenvalue weighted by Crippen LogP contribution is 2.24. The van der Waals surface area contributed by atoms with Crippen LogP contribution < -0.4 is 16.1 Å². The number of hydrogen-bond donors (Lipinski definition) is 2. The largest absolute Gasteiger partial charge is 0.329 e. The molecule has 0 aliphatic carbocycles. The Labute approximate surface area is 166 Å². The van der Waals surface area contributed by atoms with Gasteiger partial charge in [-0.2, -0.15) is 0 Å². The molecular weight excluding hydrogens is 389 g/mol. The van der Waals surface area contributed by atoms with E-state index in [0.717, 1.165) is 24.5 Å². The molecule has 9 heteroatoms. The molecule has 0 amide bonds. The molecule has 0 aliphatic rings. The topological polar surface area (TPSA) is 77.1 Å². The first-order chi connectivity index (χ1) is 12.8. The zero-order valence-corrected chi connectivity index (χ0v) is 17.0. The standard InChI is InChI=1S/C18H21Cl2N5O2/c1-4-24(5-2)10-14-21-16-15(17(26)22-18(27)23(16)3)25(14)9-11-6-7-12(19)13(20)8-11/h6-8H,4-5,9-10H2,1-3H3,(H,22,26,27)/p+1. The Kier molecular flexibility index (Phi) is 5.74. The van der Waals surface area contributed by atoms with Crippen LogP contribution in [0.5, 0.6) is 0 Å². The molecule has 2 N–H and O–H groups in total. The van der Waals surface area contributed by atoms with Gasteiger partial charge in [0.15, 0.2) is 17.0 Å². The van der Waals surface area contributed by atoms with Crippen molar-refractivity contribution in [2.24, 2.45) is 7.05 Å². The van der Waals surface area contributed by atoms with Gasteiger partial charge >= 0.3 is 5.69 Å². The van der Waals surface area contributed by atoms with Crippen molar-refractivity contribution >= 4 is 34.4 Å². The van der Waals surface area contributed by atoms with Gasteiger partial charge in [-0.15, -0.1) is 0 Å². The molecule has 0 bridgehead atoms. The number of benzene rings is 1. The first kappa shape index (κ1) is 19.7. The number of aryl methyl sites for hydroxylation is 1. The van der Waals surface area contributed by atoms with E-state index in [0.29, 0.717) is 34.3 Å². The maximum absolute atomic E-state index is 12.5. The average Bonchev–Trinajstić information content (AvgIpc) is 2.99. The van der Waals surface area contributed by atoms with Gasteiger partial charge in [0.2, 0.25) is 0 Å². The van der Waals surface area contributed by atoms with Crippen LogP contribution in [-0.2, 0) is 20.1 Å². The van der Waals surface area contributed by atoms with Crippen LogP contribution in [0, 0.1) is 0 Å². The Morgan fingerprint density at radius 3 is 2.48 bits per heavy atom. The molecule has 0 atom stereocenters. The van der Waals surface area contributed by atoms with Gasteiger partial charge in [-0.05, 0) is 31.5 Å². The molecule has 3 rings (SSSR count). The third-order valence-electron chi connectivity index (χ3n) is 4.82. The highest BCUT2D eigenvalue weighted by Gasteiger charge is 2.20. The molecule has 0 radical (unpaired) electrons. The highest BCUT2D eigenvalue weighted by atomic mass is 35.5. The molecule has 0 unspecified atom stereocenters. The number of fused-ring (bicyclic) bond motifs is 1. The van der Waals surface area contributed by atoms with E-state index < -0.39 is 11.2 Å². The van der Waals surface area contributed by atoms with Crippen LogP contribution in [-0.4, -0.2) is 32.2 Å². The number of aromatic amines is 1. The van der Waals surface area contributed by atoms with Gasteiger partial charge in [-0.1, -0.05) is 29.3 Å². The second kappa shape index (κ2) is 7.88. The van der Waals surface area contributed by atoms with Crippen LogP contribution in [0.4, 0.5) is 0 Å². The van der Waals surface area contributed by atoms with Crippen molar-refractivity contribution in [3.05, 3.63) is 60.5 Å². The Bertz CT molecular complexity index is 1100. The summed E-state index contributed by atoms with van der Waals surface area (Å²) >= 11 is 12.2. The first-order valence-electron chi connectivity index (χ1n) is 8.81. The van der Waals surface area contributed by atoms with E-state index in [-0.39, 0.29) is 0 Å². The minimum absolute atomic E-state index is 0.379. The molecule has 144 valence electrons. The number of nitrogens with one attached hydrogen (secondary N) is 2. The monoisotopic (exact) mass is 410 g/mol. The summed E-state index contributed by atoms with van der Waals surface area (Å²) in [5, 5.41) is 0.930. The summed E-state index contributed by atoms with van der Waals surface area (Å²) in [4.78, 5) is 32.8. The van der Waals surface area contributed by atoms with E-state index in [4.69, 9.17) is 23.2 Å². The van der Waals surface area contributed by atoms with Gasteiger partial charge in [-0.25, -0.2) is 9.78 Å². The fourth-order valence-electron chi connectivity index (χ4n) is 3.13. The zero-order chi connectivity index (χ0) is 19.7. The molecular formula is C18H22Cl2N5O2+. The van der Waals surface area contributed by atoms with E-state index in [9.17, 15) is 9.59 Å². The van der Waals surface area contributed by atoms with Crippen molar-refractivity contribution in [2.75, 3.05) is 13.1 Å². The Hall–Kier alpha value is -2.09. The number of hydrogen-bond acceptors (Lipinski definition) is 3. The minimum Gasteiger partial charge on any atom is -0.329 e. The Balaban J connectivity index is 2.20. The number of nitrogens with zero attached hydrogens (tertiary/aromatic N) is 3. The third-order valence-corrected chi connectivity index (χ3v) is 5.56. The number of rotatable bonds is 6. The van der Waals surface area contributed by atoms with Crippen molar-refractivity contribution < 1.29 is 4.90 Å². The molecule has 0 spiro atoms. The van der Waals surface area contributed by atoms with Crippen LogP contribution in [0.25, 0.3) is 11.2 Å². The molecule has 27 heavy (non-hydrogen) atoms. The van der Waals surface area contributed by atoms with Crippen molar-refractivity contribution in [3.8, 4) is 0 Å². The van der Waals surface area contributed by atoms with E-state index in [1.165, 1.54) is 9.47 Å². The van der Waals surface area contributed by atoms with Crippen LogP contribution in [0.15, 0.2) is 27.8 Å². The van der Waals surface area contributed by atoms with E-state index >= 15 is 0 Å². The maximum Gasteiger partial charge on any atom is 0.329 e. The first-order valence-corrected chi connectivity index (χ1v) is 9.57. The third kappa shape index (κ3) is 3.81. The maximum atomic E-state index is 12.5. The summed E-state index contributed by atoms with van der Waals surface area (Å²) in [5.74, 6) is 0.751. The van der Waals surface area contributed by atoms with Crippen molar-refractivity contribution in [1.82, 2.24) is 19.1 Å². The van der Waals surface area contributed by atoms with Gasteiger partial charge in [0.1, 0.15) is 6.54 Å². The molecule has 0 aliphatic heterocycles. The lowest BCUT2D eigenvalue weighted by atomic mass is 10.2. The molecule has 1 aromatic carbocycles. The summed E-state index contributed by atoms with van der Waals surface area (Å²) in [5.41, 5.74) is 0.734. The van der Waals surface area contributed by atoms with Crippen LogP contribution in [0.3, 0.4) is 0 Å². The fourth-order valence-corrected chi connectivity index (χ4v) is 3.45. The summed E-state index contributed by atoms with van der Waals surface area (Å²) < 4.78 is 3.22. The average molecular weight is 411 g/mol. The van der Waals surface area contributed by atoms with Crippen LogP contribution in [0.1, 0.15) is 25.2 Å². The second-order valence-electron chi connectivity index (χ2n) is 6.49. The smallest absolute Gasteiger partial charge is 0.329 e. The van der Waals surface area contributed by atoms with Gasteiger partial charge in [0, 0.05) is 13.6 Å². The van der Waals surface area contributed by atoms with E-state index in [2.05, 4.69) is 23.8 Å². The van der Waals surface area contributed by atoms with Crippen LogP contribution in [0.2, 0.25) is 10.0 Å². The number of H-pyrrole nitrogens is 1. The normalized spacial score (nSPS) is 11.6. The molecule has 0 fully saturated rings. The molecule has 0 saturated carbocycles. The number of imidazole rings is 1. The number of aromatic nitrogens is 4. The predicted molar refractivity (Wildman–Crippen MR) is 107 cm³/mol. The summed E-state index contributed by atoms with van der Waals surface area (Å²) in [7, 11) is 1.60. The van der Waals surface area contributed by atoms with Crippen molar-refractivity contribution in [2.45, 2.75) is 26.9 Å². The molecule has 3 aromatic rings. The van der Waals surface area contributed by atoms with Crippen LogP contribution >= 0.6 is 23.2 Å². The van der Waals surface area contributed by atoms with Gasteiger partial charge < -0.3 is 9.47 Å². The second-order valence-corrected chi connectivity index (χ2v) is 7.30. The Morgan fingerprint density at radius 2 is 1.85 bits per heavy atom. The van der Waals surface area contributed by atoms with Gasteiger partial charge in [0.05, 0.1) is 23.1 Å². The Morgan fingerprint density at radius 1 is 1.15 bits per heavy atom. The van der Waals surface area contributed by atoms with E-state index in [1.54, 1.807) is 19.2 Å². The predicted octanol–water partition coefficient (Wildman–Crippen LogP) is 1.20. The van der Waals surface area contributed by atoms with Crippen molar-refractivity contribution in [3.63, 3.8) is 0 Å². The van der Waals surface area contributed by atoms with Crippen molar-refractivity contribution in [1.29, 1.82) is 0 Å². The minimum atomic E-state index is -0.478. The lowest BCUT2D eigenvalue weighted by Crippen LogP contribution is -3.10. The molecule has 0 saturated heterocycles. The lowest BCUT2D eigenvalue weighted by molar-refractivity contribution is -0.911. The highest BCUT2D eigenvalue weighted by molar-refractivity contribution is 6.42. The van der Waals surface area contributed by atoms with Gasteiger partial charge in [-0.3, -0.25) is 14.3 Å². The van der Waals surface area contributed by atoms with E-state index in [1.807, 2.05) is 10.6 Å². The summed E-state index contributed by atoms with van der Waals surface area (Å²) in [6, 6.07) is 5.37. The molecule has 2 aromatic heterocycles. The molecule has 7 nitrogen and oxygen atoms in total. The lowest BCUT2D eigenvalue weighted by Gasteiger charge is -2.16. The number of halogens is 2. The molecule has 2 heterocycles. The summed E-state index contributed by atoms with van der Waals surface area (Å²) in [6.07, 6.45) is 0. The summed E-state index contributed by atoms with van der Waals surface area (Å²) in [6.45, 7) is 7.13.